The van der Waals surface area contributed by atoms with E-state index in [9.17, 15) is 14.4 Å². The Balaban J connectivity index is 1.34. The fourth-order valence-corrected chi connectivity index (χ4v) is 4.16. The van der Waals surface area contributed by atoms with Crippen LogP contribution in [0, 0.1) is 0 Å². The SMILES string of the molecule is O=C(COc1ccc2c(c1)CCC2)NN1C(=O)NC2(CCCCC2)C1=O. The Morgan fingerprint density at radius 3 is 2.69 bits per heavy atom. The van der Waals surface area contributed by atoms with E-state index in [1.807, 2.05) is 18.2 Å². The molecule has 138 valence electrons. The highest BCUT2D eigenvalue weighted by Crippen LogP contribution is 2.33. The van der Waals surface area contributed by atoms with Crippen molar-refractivity contribution >= 4 is 17.8 Å². The second-order valence-electron chi connectivity index (χ2n) is 7.32. The van der Waals surface area contributed by atoms with E-state index in [0.29, 0.717) is 18.6 Å². The fourth-order valence-electron chi connectivity index (χ4n) is 4.16. The van der Waals surface area contributed by atoms with Gasteiger partial charge in [0.1, 0.15) is 11.3 Å². The fraction of sp³-hybridized carbons (Fsp3) is 0.526. The van der Waals surface area contributed by atoms with Gasteiger partial charge in [-0.05, 0) is 55.4 Å². The molecule has 0 aromatic heterocycles. The van der Waals surface area contributed by atoms with Gasteiger partial charge in [0.2, 0.25) is 0 Å². The Morgan fingerprint density at radius 2 is 1.88 bits per heavy atom. The first-order valence-electron chi connectivity index (χ1n) is 9.28. The lowest BCUT2D eigenvalue weighted by Crippen LogP contribution is -2.51. The molecule has 0 atom stereocenters. The van der Waals surface area contributed by atoms with Crippen LogP contribution >= 0.6 is 0 Å². The lowest BCUT2D eigenvalue weighted by atomic mass is 9.82. The van der Waals surface area contributed by atoms with Crippen molar-refractivity contribution in [3.05, 3.63) is 29.3 Å². The highest BCUT2D eigenvalue weighted by atomic mass is 16.5. The summed E-state index contributed by atoms with van der Waals surface area (Å²) in [5.41, 5.74) is 4.13. The second-order valence-corrected chi connectivity index (χ2v) is 7.32. The molecule has 4 rings (SSSR count). The van der Waals surface area contributed by atoms with Crippen LogP contribution in [0.5, 0.6) is 5.75 Å². The third-order valence-corrected chi connectivity index (χ3v) is 5.55. The van der Waals surface area contributed by atoms with E-state index in [1.54, 1.807) is 0 Å². The summed E-state index contributed by atoms with van der Waals surface area (Å²) in [6.07, 6.45) is 7.36. The lowest BCUT2D eigenvalue weighted by molar-refractivity contribution is -0.140. The van der Waals surface area contributed by atoms with E-state index < -0.39 is 17.5 Å². The third kappa shape index (κ3) is 3.02. The minimum Gasteiger partial charge on any atom is -0.484 e. The number of hydrogen-bond donors (Lipinski definition) is 2. The van der Waals surface area contributed by atoms with Crippen LogP contribution in [-0.2, 0) is 22.4 Å². The van der Waals surface area contributed by atoms with E-state index in [4.69, 9.17) is 4.74 Å². The molecule has 2 fully saturated rings. The van der Waals surface area contributed by atoms with Gasteiger partial charge in [-0.3, -0.25) is 15.0 Å². The maximum absolute atomic E-state index is 12.6. The minimum absolute atomic E-state index is 0.247. The van der Waals surface area contributed by atoms with Gasteiger partial charge in [0.25, 0.3) is 11.8 Å². The van der Waals surface area contributed by atoms with E-state index in [-0.39, 0.29) is 12.5 Å². The molecule has 1 aromatic rings. The van der Waals surface area contributed by atoms with Gasteiger partial charge in [-0.2, -0.15) is 5.01 Å². The number of nitrogens with one attached hydrogen (secondary N) is 2. The molecule has 0 unspecified atom stereocenters. The summed E-state index contributed by atoms with van der Waals surface area (Å²) in [5.74, 6) is -0.267. The van der Waals surface area contributed by atoms with Crippen molar-refractivity contribution in [2.45, 2.75) is 56.9 Å². The van der Waals surface area contributed by atoms with E-state index in [0.717, 1.165) is 43.5 Å². The molecule has 2 aliphatic carbocycles. The summed E-state index contributed by atoms with van der Waals surface area (Å²) < 4.78 is 5.53. The molecule has 1 spiro atoms. The zero-order chi connectivity index (χ0) is 18.1. The van der Waals surface area contributed by atoms with Crippen molar-refractivity contribution in [1.29, 1.82) is 0 Å². The average Bonchev–Trinajstić information content (AvgIpc) is 3.19. The number of fused-ring (bicyclic) bond motifs is 1. The van der Waals surface area contributed by atoms with Crippen molar-refractivity contribution < 1.29 is 19.1 Å². The van der Waals surface area contributed by atoms with Gasteiger partial charge in [0, 0.05) is 0 Å². The second kappa shape index (κ2) is 6.63. The molecule has 0 radical (unpaired) electrons. The standard InChI is InChI=1S/C19H23N3O4/c23-16(12-26-15-8-7-13-5-4-6-14(13)11-15)21-22-17(24)19(20-18(22)25)9-2-1-3-10-19/h7-8,11H,1-6,9-10,12H2,(H,20,25)(H,21,23). The molecule has 26 heavy (non-hydrogen) atoms. The Hall–Kier alpha value is -2.57. The van der Waals surface area contributed by atoms with Gasteiger partial charge in [-0.25, -0.2) is 4.79 Å². The maximum Gasteiger partial charge on any atom is 0.344 e. The predicted octanol–water partition coefficient (Wildman–Crippen LogP) is 1.84. The smallest absolute Gasteiger partial charge is 0.344 e. The average molecular weight is 357 g/mol. The van der Waals surface area contributed by atoms with Gasteiger partial charge in [-0.15, -0.1) is 0 Å². The molecule has 2 N–H and O–H groups in total. The number of nitrogens with zero attached hydrogens (tertiary/aromatic N) is 1. The predicted molar refractivity (Wildman–Crippen MR) is 93.3 cm³/mol. The molecular weight excluding hydrogens is 334 g/mol. The largest absolute Gasteiger partial charge is 0.484 e. The molecule has 1 aromatic carbocycles. The van der Waals surface area contributed by atoms with Gasteiger partial charge in [-0.1, -0.05) is 25.3 Å². The Bertz CT molecular complexity index is 755. The third-order valence-electron chi connectivity index (χ3n) is 5.55. The zero-order valence-electron chi connectivity index (χ0n) is 14.7. The number of amides is 4. The van der Waals surface area contributed by atoms with Crippen LogP contribution in [0.1, 0.15) is 49.7 Å². The zero-order valence-corrected chi connectivity index (χ0v) is 14.7. The van der Waals surface area contributed by atoms with Crippen LogP contribution in [0.25, 0.3) is 0 Å². The van der Waals surface area contributed by atoms with Gasteiger partial charge >= 0.3 is 6.03 Å². The number of benzene rings is 1. The number of aryl methyl sites for hydroxylation is 2. The van der Waals surface area contributed by atoms with Crippen LogP contribution in [0.2, 0.25) is 0 Å². The summed E-state index contributed by atoms with van der Waals surface area (Å²) in [7, 11) is 0. The summed E-state index contributed by atoms with van der Waals surface area (Å²) >= 11 is 0. The number of hydrogen-bond acceptors (Lipinski definition) is 4. The van der Waals surface area contributed by atoms with Gasteiger partial charge in [0.05, 0.1) is 0 Å². The highest BCUT2D eigenvalue weighted by molar-refractivity contribution is 6.08. The van der Waals surface area contributed by atoms with Crippen molar-refractivity contribution in [2.75, 3.05) is 6.61 Å². The molecule has 0 bridgehead atoms. The molecule has 1 saturated heterocycles. The first-order chi connectivity index (χ1) is 12.6. The number of rotatable bonds is 4. The van der Waals surface area contributed by atoms with Crippen LogP contribution < -0.4 is 15.5 Å². The van der Waals surface area contributed by atoms with E-state index >= 15 is 0 Å². The topological polar surface area (TPSA) is 87.7 Å². The Morgan fingerprint density at radius 1 is 1.12 bits per heavy atom. The molecule has 7 heteroatoms. The van der Waals surface area contributed by atoms with Crippen molar-refractivity contribution in [2.24, 2.45) is 0 Å². The summed E-state index contributed by atoms with van der Waals surface area (Å²) in [4.78, 5) is 36.9. The van der Waals surface area contributed by atoms with Crippen LogP contribution in [-0.4, -0.2) is 35.0 Å². The molecule has 1 saturated carbocycles. The van der Waals surface area contributed by atoms with Crippen molar-refractivity contribution in [3.8, 4) is 5.75 Å². The minimum atomic E-state index is -0.844. The molecule has 1 aliphatic heterocycles. The molecule has 4 amide bonds. The number of carbonyl (C=O) groups excluding carboxylic acids is 3. The number of ether oxygens (including phenoxy) is 1. The lowest BCUT2D eigenvalue weighted by Gasteiger charge is -2.30. The summed E-state index contributed by atoms with van der Waals surface area (Å²) in [5, 5.41) is 3.56. The highest BCUT2D eigenvalue weighted by Gasteiger charge is 2.52. The first kappa shape index (κ1) is 16.9. The van der Waals surface area contributed by atoms with E-state index in [1.165, 1.54) is 11.1 Å². The maximum atomic E-state index is 12.6. The van der Waals surface area contributed by atoms with Gasteiger partial charge < -0.3 is 10.1 Å². The first-order valence-corrected chi connectivity index (χ1v) is 9.28. The van der Waals surface area contributed by atoms with Crippen molar-refractivity contribution in [3.63, 3.8) is 0 Å². The molecule has 1 heterocycles. The normalized spacial score (nSPS) is 20.8. The van der Waals surface area contributed by atoms with E-state index in [2.05, 4.69) is 10.7 Å². The summed E-state index contributed by atoms with van der Waals surface area (Å²) in [6.45, 7) is -0.247. The van der Waals surface area contributed by atoms with Crippen LogP contribution in [0.15, 0.2) is 18.2 Å². The molecular formula is C19H23N3O4. The monoisotopic (exact) mass is 357 g/mol. The van der Waals surface area contributed by atoms with Gasteiger partial charge in [0.15, 0.2) is 6.61 Å². The number of urea groups is 1. The Kier molecular flexibility index (Phi) is 4.30. The molecule has 7 nitrogen and oxygen atoms in total. The van der Waals surface area contributed by atoms with Crippen LogP contribution in [0.3, 0.4) is 0 Å². The number of hydrazine groups is 1. The summed E-state index contributed by atoms with van der Waals surface area (Å²) in [6, 6.07) is 5.27. The Labute approximate surface area is 152 Å². The number of carbonyl (C=O) groups is 3. The number of imide groups is 1. The quantitative estimate of drug-likeness (QED) is 0.805. The van der Waals surface area contributed by atoms with Crippen molar-refractivity contribution in [1.82, 2.24) is 15.8 Å². The van der Waals surface area contributed by atoms with Crippen LogP contribution in [0.4, 0.5) is 4.79 Å². The molecule has 3 aliphatic rings.